The van der Waals surface area contributed by atoms with E-state index >= 15 is 0 Å². The third kappa shape index (κ3) is 3.98. The molecule has 0 aliphatic heterocycles. The summed E-state index contributed by atoms with van der Waals surface area (Å²) >= 11 is 0. The van der Waals surface area contributed by atoms with Gasteiger partial charge < -0.3 is 14.9 Å². The van der Waals surface area contributed by atoms with E-state index < -0.39 is 6.61 Å². The van der Waals surface area contributed by atoms with Crippen molar-refractivity contribution >= 4 is 12.2 Å². The summed E-state index contributed by atoms with van der Waals surface area (Å²) in [4.78, 5) is 0. The van der Waals surface area contributed by atoms with Gasteiger partial charge in [0.25, 0.3) is 0 Å². The third-order valence-corrected chi connectivity index (χ3v) is 2.50. The predicted molar refractivity (Wildman–Crippen MR) is 71.8 cm³/mol. The fourth-order valence-electron chi connectivity index (χ4n) is 1.67. The van der Waals surface area contributed by atoms with Gasteiger partial charge in [-0.05, 0) is 35.4 Å². The van der Waals surface area contributed by atoms with Crippen molar-refractivity contribution in [3.05, 3.63) is 53.6 Å². The Labute approximate surface area is 114 Å². The first-order chi connectivity index (χ1) is 9.52. The number of hydrogen-bond donors (Lipinski definition) is 2. The van der Waals surface area contributed by atoms with Gasteiger partial charge in [0.1, 0.15) is 17.2 Å². The topological polar surface area (TPSA) is 49.7 Å². The van der Waals surface area contributed by atoms with Crippen molar-refractivity contribution < 1.29 is 23.7 Å². The van der Waals surface area contributed by atoms with Gasteiger partial charge in [-0.25, -0.2) is 0 Å². The molecule has 2 aromatic carbocycles. The van der Waals surface area contributed by atoms with Crippen molar-refractivity contribution in [2.45, 2.75) is 6.61 Å². The van der Waals surface area contributed by atoms with Crippen LogP contribution in [-0.4, -0.2) is 16.8 Å². The lowest BCUT2D eigenvalue weighted by molar-refractivity contribution is -0.0498. The van der Waals surface area contributed by atoms with E-state index in [2.05, 4.69) is 4.74 Å². The molecule has 104 valence electrons. The number of phenols is 2. The van der Waals surface area contributed by atoms with Crippen LogP contribution in [0.15, 0.2) is 42.5 Å². The second-order valence-electron chi connectivity index (χ2n) is 4.06. The maximum absolute atomic E-state index is 12.0. The summed E-state index contributed by atoms with van der Waals surface area (Å²) in [5.41, 5.74) is 1.39. The van der Waals surface area contributed by atoms with Crippen molar-refractivity contribution in [3.63, 3.8) is 0 Å². The number of hydrogen-bond acceptors (Lipinski definition) is 3. The Hall–Kier alpha value is -2.56. The molecule has 2 rings (SSSR count). The van der Waals surface area contributed by atoms with Crippen LogP contribution in [0.1, 0.15) is 11.1 Å². The standard InChI is InChI=1S/C15H12F2O3/c16-15(17)20-14-5-3-10(4-6-14)1-2-11-7-12(18)9-13(19)8-11/h1-9,15,18-19H. The molecule has 0 atom stereocenters. The number of ether oxygens (including phenoxy) is 1. The van der Waals surface area contributed by atoms with Gasteiger partial charge in [0.05, 0.1) is 0 Å². The van der Waals surface area contributed by atoms with Crippen LogP contribution in [0.3, 0.4) is 0 Å². The van der Waals surface area contributed by atoms with Crippen LogP contribution >= 0.6 is 0 Å². The molecule has 0 saturated heterocycles. The number of aromatic hydroxyl groups is 2. The summed E-state index contributed by atoms with van der Waals surface area (Å²) < 4.78 is 28.2. The molecule has 20 heavy (non-hydrogen) atoms. The molecule has 2 aromatic rings. The molecule has 0 aliphatic carbocycles. The van der Waals surface area contributed by atoms with Gasteiger partial charge in [0.15, 0.2) is 0 Å². The molecule has 3 nitrogen and oxygen atoms in total. The van der Waals surface area contributed by atoms with E-state index in [1.807, 2.05) is 0 Å². The van der Waals surface area contributed by atoms with Gasteiger partial charge in [-0.3, -0.25) is 0 Å². The summed E-state index contributed by atoms with van der Waals surface area (Å²) in [7, 11) is 0. The van der Waals surface area contributed by atoms with E-state index in [-0.39, 0.29) is 17.2 Å². The van der Waals surface area contributed by atoms with E-state index in [1.54, 1.807) is 24.3 Å². The molecule has 0 bridgehead atoms. The summed E-state index contributed by atoms with van der Waals surface area (Å²) in [5, 5.41) is 18.7. The van der Waals surface area contributed by atoms with Gasteiger partial charge in [-0.1, -0.05) is 24.3 Å². The zero-order valence-electron chi connectivity index (χ0n) is 10.3. The van der Waals surface area contributed by atoms with E-state index in [9.17, 15) is 19.0 Å². The molecule has 0 aromatic heterocycles. The van der Waals surface area contributed by atoms with Gasteiger partial charge in [-0.2, -0.15) is 8.78 Å². The minimum atomic E-state index is -2.84. The predicted octanol–water partition coefficient (Wildman–Crippen LogP) is 3.87. The number of phenolic OH excluding ortho intramolecular Hbond substituents is 2. The highest BCUT2D eigenvalue weighted by atomic mass is 19.3. The molecule has 0 saturated carbocycles. The Morgan fingerprint density at radius 3 is 1.95 bits per heavy atom. The first kappa shape index (κ1) is 13.9. The summed E-state index contributed by atoms with van der Waals surface area (Å²) in [6.07, 6.45) is 3.41. The molecule has 5 heteroatoms. The highest BCUT2D eigenvalue weighted by Crippen LogP contribution is 2.22. The maximum atomic E-state index is 12.0. The average molecular weight is 278 g/mol. The second kappa shape index (κ2) is 6.06. The smallest absolute Gasteiger partial charge is 0.387 e. The largest absolute Gasteiger partial charge is 0.508 e. The van der Waals surface area contributed by atoms with Crippen molar-refractivity contribution in [1.82, 2.24) is 0 Å². The Morgan fingerprint density at radius 1 is 0.850 bits per heavy atom. The van der Waals surface area contributed by atoms with Crippen LogP contribution in [0.2, 0.25) is 0 Å². The average Bonchev–Trinajstić information content (AvgIpc) is 2.36. The van der Waals surface area contributed by atoms with E-state index in [0.717, 1.165) is 5.56 Å². The van der Waals surface area contributed by atoms with Gasteiger partial charge in [0.2, 0.25) is 0 Å². The molecule has 0 spiro atoms. The van der Waals surface area contributed by atoms with Crippen LogP contribution in [0, 0.1) is 0 Å². The van der Waals surface area contributed by atoms with Crippen LogP contribution < -0.4 is 4.74 Å². The SMILES string of the molecule is Oc1cc(O)cc(C=Cc2ccc(OC(F)F)cc2)c1. The summed E-state index contributed by atoms with van der Waals surface area (Å²) in [6, 6.07) is 10.3. The molecular formula is C15H12F2O3. The third-order valence-electron chi connectivity index (χ3n) is 2.50. The highest BCUT2D eigenvalue weighted by molar-refractivity contribution is 5.71. The Morgan fingerprint density at radius 2 is 1.40 bits per heavy atom. The normalized spacial score (nSPS) is 11.2. The molecule has 0 radical (unpaired) electrons. The quantitative estimate of drug-likeness (QED) is 0.835. The van der Waals surface area contributed by atoms with Gasteiger partial charge in [-0.15, -0.1) is 0 Å². The van der Waals surface area contributed by atoms with E-state index in [1.165, 1.54) is 30.3 Å². The number of rotatable bonds is 4. The van der Waals surface area contributed by atoms with Crippen molar-refractivity contribution in [3.8, 4) is 17.2 Å². The zero-order chi connectivity index (χ0) is 14.5. The molecule has 0 aliphatic rings. The van der Waals surface area contributed by atoms with E-state index in [4.69, 9.17) is 0 Å². The highest BCUT2D eigenvalue weighted by Gasteiger charge is 2.02. The number of halogens is 2. The molecule has 0 heterocycles. The Bertz CT molecular complexity index is 587. The minimum Gasteiger partial charge on any atom is -0.508 e. The van der Waals surface area contributed by atoms with Gasteiger partial charge >= 0.3 is 6.61 Å². The van der Waals surface area contributed by atoms with Crippen LogP contribution in [0.25, 0.3) is 12.2 Å². The maximum Gasteiger partial charge on any atom is 0.387 e. The molecular weight excluding hydrogens is 266 g/mol. The molecule has 0 fully saturated rings. The van der Waals surface area contributed by atoms with Crippen molar-refractivity contribution in [1.29, 1.82) is 0 Å². The number of benzene rings is 2. The van der Waals surface area contributed by atoms with Crippen molar-refractivity contribution in [2.24, 2.45) is 0 Å². The fourth-order valence-corrected chi connectivity index (χ4v) is 1.67. The lowest BCUT2D eigenvalue weighted by atomic mass is 10.1. The zero-order valence-corrected chi connectivity index (χ0v) is 10.3. The monoisotopic (exact) mass is 278 g/mol. The summed E-state index contributed by atoms with van der Waals surface area (Å²) in [5.74, 6) is 0.0165. The molecule has 0 amide bonds. The molecule has 2 N–H and O–H groups in total. The van der Waals surface area contributed by atoms with Crippen LogP contribution in [-0.2, 0) is 0 Å². The lowest BCUT2D eigenvalue weighted by Gasteiger charge is -2.03. The van der Waals surface area contributed by atoms with Crippen molar-refractivity contribution in [2.75, 3.05) is 0 Å². The van der Waals surface area contributed by atoms with Gasteiger partial charge in [0, 0.05) is 6.07 Å². The lowest BCUT2D eigenvalue weighted by Crippen LogP contribution is -2.01. The first-order valence-corrected chi connectivity index (χ1v) is 5.79. The fraction of sp³-hybridized carbons (Fsp3) is 0.0667. The second-order valence-corrected chi connectivity index (χ2v) is 4.06. The van der Waals surface area contributed by atoms with E-state index in [0.29, 0.717) is 5.56 Å². The Kier molecular flexibility index (Phi) is 4.20. The van der Waals surface area contributed by atoms with Crippen LogP contribution in [0.5, 0.6) is 17.2 Å². The molecule has 0 unspecified atom stereocenters. The summed E-state index contributed by atoms with van der Waals surface area (Å²) in [6.45, 7) is -2.84. The first-order valence-electron chi connectivity index (χ1n) is 5.79. The Balaban J connectivity index is 2.11. The minimum absolute atomic E-state index is 0.0367. The van der Waals surface area contributed by atoms with Crippen LogP contribution in [0.4, 0.5) is 8.78 Å². The number of alkyl halides is 2.